The van der Waals surface area contributed by atoms with Gasteiger partial charge in [-0.15, -0.1) is 11.3 Å². The van der Waals surface area contributed by atoms with Crippen molar-refractivity contribution >= 4 is 11.3 Å². The SMILES string of the molecule is CCCNCC(C)(Cc1cnc(C)s1)C1CC1. The van der Waals surface area contributed by atoms with Crippen molar-refractivity contribution in [2.75, 3.05) is 13.1 Å². The van der Waals surface area contributed by atoms with Crippen LogP contribution < -0.4 is 5.32 Å². The van der Waals surface area contributed by atoms with Crippen LogP contribution in [0.5, 0.6) is 0 Å². The first-order valence-electron chi connectivity index (χ1n) is 6.76. The highest BCUT2D eigenvalue weighted by molar-refractivity contribution is 7.11. The van der Waals surface area contributed by atoms with Crippen LogP contribution in [0.2, 0.25) is 0 Å². The third-order valence-corrected chi connectivity index (χ3v) is 4.68. The smallest absolute Gasteiger partial charge is 0.0896 e. The van der Waals surface area contributed by atoms with Crippen molar-refractivity contribution < 1.29 is 0 Å². The van der Waals surface area contributed by atoms with Crippen molar-refractivity contribution in [1.82, 2.24) is 10.3 Å². The Hall–Kier alpha value is -0.410. The lowest BCUT2D eigenvalue weighted by Gasteiger charge is -2.29. The quantitative estimate of drug-likeness (QED) is 0.752. The maximum absolute atomic E-state index is 4.38. The average molecular weight is 252 g/mol. The Morgan fingerprint density at radius 3 is 2.82 bits per heavy atom. The molecule has 0 radical (unpaired) electrons. The molecule has 1 unspecified atom stereocenters. The molecule has 1 heterocycles. The van der Waals surface area contributed by atoms with Crippen LogP contribution in [-0.2, 0) is 6.42 Å². The standard InChI is InChI=1S/C14H24N2S/c1-4-7-15-10-14(3,12-5-6-12)8-13-9-16-11(2)17-13/h9,12,15H,4-8,10H2,1-3H3. The first-order valence-corrected chi connectivity index (χ1v) is 7.58. The summed E-state index contributed by atoms with van der Waals surface area (Å²) < 4.78 is 0. The van der Waals surface area contributed by atoms with E-state index < -0.39 is 0 Å². The lowest BCUT2D eigenvalue weighted by atomic mass is 9.81. The molecule has 1 fully saturated rings. The average Bonchev–Trinajstić information content (AvgIpc) is 3.05. The Morgan fingerprint density at radius 2 is 2.29 bits per heavy atom. The molecule has 1 aromatic rings. The lowest BCUT2D eigenvalue weighted by molar-refractivity contribution is 0.258. The predicted octanol–water partition coefficient (Wildman–Crippen LogP) is 3.41. The lowest BCUT2D eigenvalue weighted by Crippen LogP contribution is -2.35. The number of aromatic nitrogens is 1. The van der Waals surface area contributed by atoms with E-state index in [1.807, 2.05) is 11.3 Å². The second-order valence-electron chi connectivity index (χ2n) is 5.63. The van der Waals surface area contributed by atoms with Gasteiger partial charge in [0.25, 0.3) is 0 Å². The number of nitrogens with one attached hydrogen (secondary N) is 1. The van der Waals surface area contributed by atoms with Gasteiger partial charge in [0, 0.05) is 17.6 Å². The number of thiazole rings is 1. The number of rotatable bonds is 7. The first kappa shape index (κ1) is 13.0. The molecule has 17 heavy (non-hydrogen) atoms. The highest BCUT2D eigenvalue weighted by Crippen LogP contribution is 2.47. The van der Waals surface area contributed by atoms with Crippen LogP contribution in [0.15, 0.2) is 6.20 Å². The van der Waals surface area contributed by atoms with Crippen LogP contribution in [-0.4, -0.2) is 18.1 Å². The van der Waals surface area contributed by atoms with Gasteiger partial charge < -0.3 is 5.32 Å². The van der Waals surface area contributed by atoms with E-state index in [0.717, 1.165) is 19.0 Å². The van der Waals surface area contributed by atoms with Gasteiger partial charge in [-0.1, -0.05) is 13.8 Å². The molecule has 1 N–H and O–H groups in total. The maximum Gasteiger partial charge on any atom is 0.0896 e. The van der Waals surface area contributed by atoms with Crippen LogP contribution in [0.4, 0.5) is 0 Å². The zero-order valence-corrected chi connectivity index (χ0v) is 12.1. The summed E-state index contributed by atoms with van der Waals surface area (Å²) in [6, 6.07) is 0. The van der Waals surface area contributed by atoms with Crippen LogP contribution in [0, 0.1) is 18.3 Å². The molecule has 0 saturated heterocycles. The van der Waals surface area contributed by atoms with E-state index in [2.05, 4.69) is 37.3 Å². The van der Waals surface area contributed by atoms with Crippen molar-refractivity contribution in [2.24, 2.45) is 11.3 Å². The molecule has 1 saturated carbocycles. The number of hydrogen-bond donors (Lipinski definition) is 1. The minimum atomic E-state index is 0.439. The van der Waals surface area contributed by atoms with Gasteiger partial charge in [0.2, 0.25) is 0 Å². The molecule has 3 heteroatoms. The van der Waals surface area contributed by atoms with Crippen LogP contribution in [0.25, 0.3) is 0 Å². The summed E-state index contributed by atoms with van der Waals surface area (Å²) in [5.41, 5.74) is 0.439. The van der Waals surface area contributed by atoms with E-state index in [-0.39, 0.29) is 0 Å². The van der Waals surface area contributed by atoms with Gasteiger partial charge in [0.05, 0.1) is 5.01 Å². The van der Waals surface area contributed by atoms with Gasteiger partial charge in [-0.05, 0) is 50.5 Å². The second kappa shape index (κ2) is 5.49. The third kappa shape index (κ3) is 3.52. The number of nitrogens with zero attached hydrogens (tertiary/aromatic N) is 1. The summed E-state index contributed by atoms with van der Waals surface area (Å²) >= 11 is 1.86. The molecule has 0 bridgehead atoms. The zero-order valence-electron chi connectivity index (χ0n) is 11.3. The van der Waals surface area contributed by atoms with Gasteiger partial charge in [-0.3, -0.25) is 0 Å². The molecule has 2 nitrogen and oxygen atoms in total. The minimum Gasteiger partial charge on any atom is -0.316 e. The summed E-state index contributed by atoms with van der Waals surface area (Å²) in [6.07, 6.45) is 7.32. The molecule has 1 atom stereocenters. The Bertz CT molecular complexity index is 357. The van der Waals surface area contributed by atoms with Crippen molar-refractivity contribution in [2.45, 2.75) is 46.5 Å². The van der Waals surface area contributed by atoms with Crippen molar-refractivity contribution in [3.63, 3.8) is 0 Å². The minimum absolute atomic E-state index is 0.439. The Kier molecular flexibility index (Phi) is 4.21. The largest absolute Gasteiger partial charge is 0.316 e. The van der Waals surface area contributed by atoms with E-state index in [1.54, 1.807) is 0 Å². The summed E-state index contributed by atoms with van der Waals surface area (Å²) in [7, 11) is 0. The highest BCUT2D eigenvalue weighted by Gasteiger charge is 2.41. The van der Waals surface area contributed by atoms with Gasteiger partial charge in [-0.2, -0.15) is 0 Å². The van der Waals surface area contributed by atoms with Gasteiger partial charge in [0.15, 0.2) is 0 Å². The molecule has 0 spiro atoms. The molecule has 0 aromatic carbocycles. The van der Waals surface area contributed by atoms with E-state index >= 15 is 0 Å². The monoisotopic (exact) mass is 252 g/mol. The van der Waals surface area contributed by atoms with Crippen LogP contribution in [0.1, 0.15) is 43.0 Å². The molecule has 1 aromatic heterocycles. The topological polar surface area (TPSA) is 24.9 Å². The highest BCUT2D eigenvalue weighted by atomic mass is 32.1. The molecular weight excluding hydrogens is 228 g/mol. The van der Waals surface area contributed by atoms with Crippen molar-refractivity contribution in [1.29, 1.82) is 0 Å². The third-order valence-electron chi connectivity index (χ3n) is 3.77. The number of aryl methyl sites for hydroxylation is 1. The summed E-state index contributed by atoms with van der Waals surface area (Å²) in [5.74, 6) is 0.925. The zero-order chi connectivity index (χ0) is 12.3. The van der Waals surface area contributed by atoms with Crippen LogP contribution in [0.3, 0.4) is 0 Å². The van der Waals surface area contributed by atoms with Crippen LogP contribution >= 0.6 is 11.3 Å². The van der Waals surface area contributed by atoms with Gasteiger partial charge >= 0.3 is 0 Å². The Balaban J connectivity index is 1.95. The molecule has 2 rings (SSSR count). The second-order valence-corrected chi connectivity index (χ2v) is 6.95. The predicted molar refractivity (Wildman–Crippen MR) is 74.5 cm³/mol. The molecule has 0 aliphatic heterocycles. The summed E-state index contributed by atoms with van der Waals surface area (Å²) in [5, 5.41) is 4.80. The van der Waals surface area contributed by atoms with E-state index in [9.17, 15) is 0 Å². The van der Waals surface area contributed by atoms with Crippen molar-refractivity contribution in [3.05, 3.63) is 16.1 Å². The van der Waals surface area contributed by atoms with Gasteiger partial charge in [-0.25, -0.2) is 4.98 Å². The van der Waals surface area contributed by atoms with Crippen molar-refractivity contribution in [3.8, 4) is 0 Å². The molecule has 0 amide bonds. The van der Waals surface area contributed by atoms with E-state index in [0.29, 0.717) is 5.41 Å². The molecular formula is C14H24N2S. The Labute approximate surface area is 109 Å². The summed E-state index contributed by atoms with van der Waals surface area (Å²) in [6.45, 7) is 9.07. The first-order chi connectivity index (χ1) is 8.14. The number of hydrogen-bond acceptors (Lipinski definition) is 3. The van der Waals surface area contributed by atoms with E-state index in [4.69, 9.17) is 0 Å². The molecule has 1 aliphatic carbocycles. The van der Waals surface area contributed by atoms with Gasteiger partial charge in [0.1, 0.15) is 0 Å². The molecule has 1 aliphatic rings. The maximum atomic E-state index is 4.38. The summed E-state index contributed by atoms with van der Waals surface area (Å²) in [4.78, 5) is 5.83. The fraction of sp³-hybridized carbons (Fsp3) is 0.786. The fourth-order valence-electron chi connectivity index (χ4n) is 2.57. The fourth-order valence-corrected chi connectivity index (χ4v) is 3.56. The molecule has 96 valence electrons. The van der Waals surface area contributed by atoms with E-state index in [1.165, 1.54) is 35.6 Å². The normalized spacial score (nSPS) is 19.2. The Morgan fingerprint density at radius 1 is 1.53 bits per heavy atom.